The van der Waals surface area contributed by atoms with Crippen molar-refractivity contribution in [2.75, 3.05) is 0 Å². The van der Waals surface area contributed by atoms with Gasteiger partial charge in [0, 0.05) is 0 Å². The highest BCUT2D eigenvalue weighted by Crippen LogP contribution is 2.31. The summed E-state index contributed by atoms with van der Waals surface area (Å²) in [6.45, 7) is 3.87. The van der Waals surface area contributed by atoms with E-state index in [9.17, 15) is 4.79 Å². The van der Waals surface area contributed by atoms with E-state index in [1.54, 1.807) is 0 Å². The van der Waals surface area contributed by atoms with Gasteiger partial charge in [-0.25, -0.2) is 4.79 Å². The molecule has 0 aromatic rings. The molecule has 1 rings (SSSR count). The number of rotatable bonds is 3. The lowest BCUT2D eigenvalue weighted by Gasteiger charge is -2.30. The monoisotopic (exact) mass is 199 g/mol. The molecule has 0 spiro atoms. The Morgan fingerprint density at radius 2 is 1.93 bits per heavy atom. The third-order valence-corrected chi connectivity index (χ3v) is 2.88. The fourth-order valence-electron chi connectivity index (χ4n) is 2.40. The topological polar surface area (TPSA) is 52.3 Å². The average molecular weight is 199 g/mol. The minimum absolute atomic E-state index is 0.395. The van der Waals surface area contributed by atoms with Crippen LogP contribution in [-0.2, 0) is 4.74 Å². The van der Waals surface area contributed by atoms with Gasteiger partial charge in [-0.2, -0.15) is 0 Å². The maximum atomic E-state index is 10.7. The summed E-state index contributed by atoms with van der Waals surface area (Å²) >= 11 is 0. The molecular formula is C11H21NO2. The van der Waals surface area contributed by atoms with Gasteiger partial charge in [-0.15, -0.1) is 0 Å². The number of hydrogen-bond acceptors (Lipinski definition) is 2. The number of carbonyl (C=O) groups is 1. The Morgan fingerprint density at radius 1 is 1.36 bits per heavy atom. The summed E-state index contributed by atoms with van der Waals surface area (Å²) in [4.78, 5) is 10.7. The number of nitrogens with two attached hydrogens (primary N) is 1. The Hall–Kier alpha value is -0.730. The van der Waals surface area contributed by atoms with Crippen LogP contribution in [0.4, 0.5) is 4.79 Å². The Morgan fingerprint density at radius 3 is 2.43 bits per heavy atom. The summed E-state index contributed by atoms with van der Waals surface area (Å²) in [7, 11) is 0. The van der Waals surface area contributed by atoms with Crippen LogP contribution in [0.1, 0.15) is 52.4 Å². The first-order valence-corrected chi connectivity index (χ1v) is 5.48. The van der Waals surface area contributed by atoms with Gasteiger partial charge >= 0.3 is 6.09 Å². The second-order valence-electron chi connectivity index (χ2n) is 4.89. The van der Waals surface area contributed by atoms with Gasteiger partial charge in [0.05, 0.1) is 0 Å². The predicted octanol–water partition coefficient (Wildman–Crippen LogP) is 2.83. The maximum absolute atomic E-state index is 10.7. The van der Waals surface area contributed by atoms with Gasteiger partial charge in [-0.1, -0.05) is 32.1 Å². The van der Waals surface area contributed by atoms with Gasteiger partial charge in [0.2, 0.25) is 0 Å². The molecule has 0 aromatic carbocycles. The zero-order valence-corrected chi connectivity index (χ0v) is 9.21. The molecule has 1 aliphatic carbocycles. The predicted molar refractivity (Wildman–Crippen MR) is 55.9 cm³/mol. The number of ether oxygens (including phenoxy) is 1. The van der Waals surface area contributed by atoms with Crippen LogP contribution in [-0.4, -0.2) is 11.7 Å². The lowest BCUT2D eigenvalue weighted by atomic mass is 9.82. The molecule has 3 nitrogen and oxygen atoms in total. The number of hydrogen-bond donors (Lipinski definition) is 1. The molecular weight excluding hydrogens is 178 g/mol. The van der Waals surface area contributed by atoms with E-state index in [-0.39, 0.29) is 0 Å². The Labute approximate surface area is 86.0 Å². The molecule has 2 N–H and O–H groups in total. The maximum Gasteiger partial charge on any atom is 0.405 e. The van der Waals surface area contributed by atoms with Crippen LogP contribution in [0.25, 0.3) is 0 Å². The first-order chi connectivity index (χ1) is 6.49. The second-order valence-corrected chi connectivity index (χ2v) is 4.89. The lowest BCUT2D eigenvalue weighted by Crippen LogP contribution is -2.33. The molecule has 0 aliphatic heterocycles. The molecule has 0 saturated heterocycles. The van der Waals surface area contributed by atoms with Crippen molar-refractivity contribution in [2.24, 2.45) is 11.7 Å². The number of primary amides is 1. The summed E-state index contributed by atoms with van der Waals surface area (Å²) in [6.07, 6.45) is 6.81. The molecule has 0 heterocycles. The van der Waals surface area contributed by atoms with Gasteiger partial charge in [0.15, 0.2) is 0 Å². The Bertz CT molecular complexity index is 195. The van der Waals surface area contributed by atoms with E-state index in [1.165, 1.54) is 32.1 Å². The summed E-state index contributed by atoms with van der Waals surface area (Å²) < 4.78 is 5.08. The van der Waals surface area contributed by atoms with Crippen molar-refractivity contribution in [1.82, 2.24) is 0 Å². The lowest BCUT2D eigenvalue weighted by molar-refractivity contribution is 0.0220. The molecule has 3 heteroatoms. The molecule has 82 valence electrons. The number of carbonyl (C=O) groups excluding carboxylic acids is 1. The summed E-state index contributed by atoms with van der Waals surface area (Å²) in [5.41, 5.74) is 4.63. The van der Waals surface area contributed by atoms with Gasteiger partial charge in [0.25, 0.3) is 0 Å². The second kappa shape index (κ2) is 4.67. The normalized spacial score (nSPS) is 19.3. The van der Waals surface area contributed by atoms with E-state index >= 15 is 0 Å². The summed E-state index contributed by atoms with van der Waals surface area (Å²) in [5.74, 6) is 0.707. The highest BCUT2D eigenvalue weighted by molar-refractivity contribution is 5.65. The number of amides is 1. The minimum atomic E-state index is -0.661. The SMILES string of the molecule is CC(C)(CC1CCCCC1)OC(N)=O. The van der Waals surface area contributed by atoms with Crippen LogP contribution < -0.4 is 5.73 Å². The van der Waals surface area contributed by atoms with Gasteiger partial charge < -0.3 is 10.5 Å². The molecule has 1 amide bonds. The van der Waals surface area contributed by atoms with Crippen LogP contribution >= 0.6 is 0 Å². The van der Waals surface area contributed by atoms with E-state index < -0.39 is 11.7 Å². The largest absolute Gasteiger partial charge is 0.444 e. The summed E-state index contributed by atoms with van der Waals surface area (Å²) in [5, 5.41) is 0. The van der Waals surface area contributed by atoms with E-state index in [2.05, 4.69) is 0 Å². The van der Waals surface area contributed by atoms with E-state index in [4.69, 9.17) is 10.5 Å². The minimum Gasteiger partial charge on any atom is -0.444 e. The quantitative estimate of drug-likeness (QED) is 0.759. The standard InChI is InChI=1S/C11H21NO2/c1-11(2,14-10(12)13)8-9-6-4-3-5-7-9/h9H,3-8H2,1-2H3,(H2,12,13). The third-order valence-electron chi connectivity index (χ3n) is 2.88. The molecule has 0 aromatic heterocycles. The third kappa shape index (κ3) is 3.99. The summed E-state index contributed by atoms with van der Waals surface area (Å²) in [6, 6.07) is 0. The highest BCUT2D eigenvalue weighted by atomic mass is 16.6. The van der Waals surface area contributed by atoms with Crippen molar-refractivity contribution in [1.29, 1.82) is 0 Å². The van der Waals surface area contributed by atoms with Gasteiger partial charge in [0.1, 0.15) is 5.60 Å². The molecule has 0 radical (unpaired) electrons. The Kier molecular flexibility index (Phi) is 3.78. The van der Waals surface area contributed by atoms with Crippen molar-refractivity contribution in [2.45, 2.75) is 58.0 Å². The molecule has 1 saturated carbocycles. The van der Waals surface area contributed by atoms with Crippen molar-refractivity contribution < 1.29 is 9.53 Å². The smallest absolute Gasteiger partial charge is 0.405 e. The van der Waals surface area contributed by atoms with Crippen LogP contribution in [0.15, 0.2) is 0 Å². The van der Waals surface area contributed by atoms with Crippen LogP contribution in [0.5, 0.6) is 0 Å². The van der Waals surface area contributed by atoms with E-state index in [0.29, 0.717) is 5.92 Å². The van der Waals surface area contributed by atoms with Crippen LogP contribution in [0.2, 0.25) is 0 Å². The van der Waals surface area contributed by atoms with Gasteiger partial charge in [-0.05, 0) is 26.2 Å². The fraction of sp³-hybridized carbons (Fsp3) is 0.909. The van der Waals surface area contributed by atoms with Gasteiger partial charge in [-0.3, -0.25) is 0 Å². The van der Waals surface area contributed by atoms with Crippen LogP contribution in [0.3, 0.4) is 0 Å². The first-order valence-electron chi connectivity index (χ1n) is 5.48. The van der Waals surface area contributed by atoms with Crippen molar-refractivity contribution in [3.8, 4) is 0 Å². The zero-order chi connectivity index (χ0) is 10.6. The van der Waals surface area contributed by atoms with E-state index in [1.807, 2.05) is 13.8 Å². The van der Waals surface area contributed by atoms with Crippen molar-refractivity contribution >= 4 is 6.09 Å². The molecule has 0 unspecified atom stereocenters. The average Bonchev–Trinajstić information content (AvgIpc) is 2.02. The zero-order valence-electron chi connectivity index (χ0n) is 9.21. The van der Waals surface area contributed by atoms with E-state index in [0.717, 1.165) is 6.42 Å². The highest BCUT2D eigenvalue weighted by Gasteiger charge is 2.27. The first kappa shape index (κ1) is 11.3. The van der Waals surface area contributed by atoms with Crippen LogP contribution in [0, 0.1) is 5.92 Å². The molecule has 14 heavy (non-hydrogen) atoms. The van der Waals surface area contributed by atoms with Crippen molar-refractivity contribution in [3.05, 3.63) is 0 Å². The fourth-order valence-corrected chi connectivity index (χ4v) is 2.40. The Balaban J connectivity index is 2.36. The molecule has 1 fully saturated rings. The molecule has 0 bridgehead atoms. The van der Waals surface area contributed by atoms with Crippen molar-refractivity contribution in [3.63, 3.8) is 0 Å². The molecule has 0 atom stereocenters. The molecule has 1 aliphatic rings.